The monoisotopic (exact) mass is 313 g/mol. The first-order valence-electron chi connectivity index (χ1n) is 6.71. The summed E-state index contributed by atoms with van der Waals surface area (Å²) in [6, 6.07) is 7.93. The molecule has 0 aliphatic carbocycles. The highest BCUT2D eigenvalue weighted by atomic mass is 35.5. The number of aliphatic imine (C=N–C) groups is 1. The van der Waals surface area contributed by atoms with Crippen LogP contribution in [0.25, 0.3) is 0 Å². The van der Waals surface area contributed by atoms with Gasteiger partial charge in [0.2, 0.25) is 0 Å². The fraction of sp³-hybridized carbons (Fsp3) is 0.533. The van der Waals surface area contributed by atoms with Gasteiger partial charge in [0.1, 0.15) is 0 Å². The Kier molecular flexibility index (Phi) is 7.24. The van der Waals surface area contributed by atoms with Crippen LogP contribution in [0.2, 0.25) is 5.02 Å². The standard InChI is InChI=1S/C15H24ClN3S/c1-15(2,20-4)11-19-14(17-3)18-10-9-12-7-5-6-8-13(12)16/h5-8H,9-11H2,1-4H3,(H2,17,18,19). The lowest BCUT2D eigenvalue weighted by Gasteiger charge is -2.23. The maximum absolute atomic E-state index is 6.14. The number of hydrogen-bond donors (Lipinski definition) is 2. The Morgan fingerprint density at radius 3 is 2.60 bits per heavy atom. The van der Waals surface area contributed by atoms with E-state index in [4.69, 9.17) is 11.6 Å². The Morgan fingerprint density at radius 2 is 2.00 bits per heavy atom. The summed E-state index contributed by atoms with van der Waals surface area (Å²) in [5.74, 6) is 0.833. The van der Waals surface area contributed by atoms with Crippen LogP contribution < -0.4 is 10.6 Å². The maximum atomic E-state index is 6.14. The van der Waals surface area contributed by atoms with Gasteiger partial charge in [-0.1, -0.05) is 29.8 Å². The summed E-state index contributed by atoms with van der Waals surface area (Å²) < 4.78 is 0.195. The molecule has 0 radical (unpaired) electrons. The van der Waals surface area contributed by atoms with Crippen molar-refractivity contribution in [2.45, 2.75) is 25.0 Å². The number of halogens is 1. The minimum absolute atomic E-state index is 0.195. The van der Waals surface area contributed by atoms with E-state index in [0.29, 0.717) is 0 Å². The van der Waals surface area contributed by atoms with Gasteiger partial charge in [0.05, 0.1) is 0 Å². The SMILES string of the molecule is CN=C(NCCc1ccccc1Cl)NCC(C)(C)SC. The Morgan fingerprint density at radius 1 is 1.30 bits per heavy atom. The molecule has 0 bridgehead atoms. The molecule has 0 saturated heterocycles. The van der Waals surface area contributed by atoms with Gasteiger partial charge >= 0.3 is 0 Å². The second-order valence-electron chi connectivity index (χ2n) is 5.16. The van der Waals surface area contributed by atoms with Gasteiger partial charge in [0.25, 0.3) is 0 Å². The molecule has 0 heterocycles. The Hall–Kier alpha value is -0.870. The van der Waals surface area contributed by atoms with E-state index in [0.717, 1.165) is 36.1 Å². The van der Waals surface area contributed by atoms with Crippen molar-refractivity contribution in [1.29, 1.82) is 0 Å². The van der Waals surface area contributed by atoms with Gasteiger partial charge in [0, 0.05) is 29.9 Å². The predicted octanol–water partition coefficient (Wildman–Crippen LogP) is 3.19. The van der Waals surface area contributed by atoms with E-state index in [-0.39, 0.29) is 4.75 Å². The van der Waals surface area contributed by atoms with Crippen molar-refractivity contribution in [1.82, 2.24) is 10.6 Å². The van der Waals surface area contributed by atoms with Gasteiger partial charge in [-0.3, -0.25) is 4.99 Å². The molecular formula is C15H24ClN3S. The summed E-state index contributed by atoms with van der Waals surface area (Å²) >= 11 is 7.98. The van der Waals surface area contributed by atoms with Crippen molar-refractivity contribution < 1.29 is 0 Å². The molecule has 0 aliphatic heterocycles. The zero-order valence-corrected chi connectivity index (χ0v) is 14.2. The highest BCUT2D eigenvalue weighted by molar-refractivity contribution is 7.99. The van der Waals surface area contributed by atoms with Gasteiger partial charge in [-0.15, -0.1) is 0 Å². The lowest BCUT2D eigenvalue weighted by atomic mass is 10.1. The molecule has 0 amide bonds. The van der Waals surface area contributed by atoms with Crippen LogP contribution in [0.3, 0.4) is 0 Å². The van der Waals surface area contributed by atoms with Crippen LogP contribution in [0.15, 0.2) is 29.3 Å². The van der Waals surface area contributed by atoms with E-state index in [9.17, 15) is 0 Å². The Labute approximate surface area is 131 Å². The van der Waals surface area contributed by atoms with Crippen LogP contribution in [0.5, 0.6) is 0 Å². The van der Waals surface area contributed by atoms with Crippen LogP contribution in [0, 0.1) is 0 Å². The minimum Gasteiger partial charge on any atom is -0.356 e. The van der Waals surface area contributed by atoms with Crippen molar-refractivity contribution in [2.75, 3.05) is 26.4 Å². The van der Waals surface area contributed by atoms with Crippen LogP contribution in [0.4, 0.5) is 0 Å². The second kappa shape index (κ2) is 8.42. The summed E-state index contributed by atoms with van der Waals surface area (Å²) in [6.45, 7) is 6.10. The summed E-state index contributed by atoms with van der Waals surface area (Å²) in [6.07, 6.45) is 3.00. The van der Waals surface area contributed by atoms with Gasteiger partial charge in [-0.25, -0.2) is 0 Å². The number of rotatable bonds is 6. The molecule has 0 unspecified atom stereocenters. The molecule has 112 valence electrons. The number of hydrogen-bond acceptors (Lipinski definition) is 2. The lowest BCUT2D eigenvalue weighted by molar-refractivity contribution is 0.664. The zero-order valence-electron chi connectivity index (χ0n) is 12.7. The van der Waals surface area contributed by atoms with E-state index < -0.39 is 0 Å². The van der Waals surface area contributed by atoms with Gasteiger partial charge < -0.3 is 10.6 Å². The molecule has 0 saturated carbocycles. The molecular weight excluding hydrogens is 290 g/mol. The molecule has 1 aromatic rings. The summed E-state index contributed by atoms with van der Waals surface area (Å²) in [4.78, 5) is 4.23. The van der Waals surface area contributed by atoms with Gasteiger partial charge in [-0.05, 0) is 38.2 Å². The molecule has 0 fully saturated rings. The first-order valence-corrected chi connectivity index (χ1v) is 8.32. The van der Waals surface area contributed by atoms with Crippen LogP contribution in [0.1, 0.15) is 19.4 Å². The topological polar surface area (TPSA) is 36.4 Å². The second-order valence-corrected chi connectivity index (χ2v) is 7.08. The molecule has 5 heteroatoms. The smallest absolute Gasteiger partial charge is 0.191 e. The number of guanidine groups is 1. The highest BCUT2D eigenvalue weighted by Gasteiger charge is 2.15. The molecule has 0 atom stereocenters. The maximum Gasteiger partial charge on any atom is 0.191 e. The third-order valence-corrected chi connectivity index (χ3v) is 4.72. The third-order valence-electron chi connectivity index (χ3n) is 3.10. The van der Waals surface area contributed by atoms with E-state index in [2.05, 4.69) is 41.8 Å². The number of thioether (sulfide) groups is 1. The third kappa shape index (κ3) is 6.06. The van der Waals surface area contributed by atoms with Crippen molar-refractivity contribution in [3.63, 3.8) is 0 Å². The van der Waals surface area contributed by atoms with Crippen LogP contribution >= 0.6 is 23.4 Å². The summed E-state index contributed by atoms with van der Waals surface area (Å²) in [7, 11) is 1.79. The van der Waals surface area contributed by atoms with Crippen molar-refractivity contribution in [3.8, 4) is 0 Å². The summed E-state index contributed by atoms with van der Waals surface area (Å²) in [5, 5.41) is 7.48. The minimum atomic E-state index is 0.195. The lowest BCUT2D eigenvalue weighted by Crippen LogP contribution is -2.43. The van der Waals surface area contributed by atoms with Crippen LogP contribution in [-0.2, 0) is 6.42 Å². The molecule has 3 nitrogen and oxygen atoms in total. The average Bonchev–Trinajstić information content (AvgIpc) is 2.44. The predicted molar refractivity (Wildman–Crippen MR) is 92.1 cm³/mol. The largest absolute Gasteiger partial charge is 0.356 e. The van der Waals surface area contributed by atoms with Crippen molar-refractivity contribution in [2.24, 2.45) is 4.99 Å². The zero-order chi connectivity index (χ0) is 15.0. The van der Waals surface area contributed by atoms with Gasteiger partial charge in [-0.2, -0.15) is 11.8 Å². The first-order chi connectivity index (χ1) is 9.48. The molecule has 0 spiro atoms. The van der Waals surface area contributed by atoms with Crippen LogP contribution in [-0.4, -0.2) is 37.1 Å². The normalized spacial score (nSPS) is 12.3. The number of benzene rings is 1. The molecule has 1 aromatic carbocycles. The molecule has 20 heavy (non-hydrogen) atoms. The fourth-order valence-electron chi connectivity index (χ4n) is 1.61. The van der Waals surface area contributed by atoms with Crippen molar-refractivity contribution >= 4 is 29.3 Å². The summed E-state index contributed by atoms with van der Waals surface area (Å²) in [5.41, 5.74) is 1.15. The fourth-order valence-corrected chi connectivity index (χ4v) is 2.05. The molecule has 0 aliphatic rings. The molecule has 1 rings (SSSR count). The number of nitrogens with zero attached hydrogens (tertiary/aromatic N) is 1. The highest BCUT2D eigenvalue weighted by Crippen LogP contribution is 2.19. The molecule has 2 N–H and O–H groups in total. The van der Waals surface area contributed by atoms with Crippen molar-refractivity contribution in [3.05, 3.63) is 34.9 Å². The van der Waals surface area contributed by atoms with E-state index >= 15 is 0 Å². The average molecular weight is 314 g/mol. The van der Waals surface area contributed by atoms with E-state index in [1.165, 1.54) is 0 Å². The number of nitrogens with one attached hydrogen (secondary N) is 2. The Bertz CT molecular complexity index is 446. The first kappa shape index (κ1) is 17.2. The quantitative estimate of drug-likeness (QED) is 0.625. The molecule has 0 aromatic heterocycles. The van der Waals surface area contributed by atoms with E-state index in [1.54, 1.807) is 7.05 Å². The van der Waals surface area contributed by atoms with E-state index in [1.807, 2.05) is 30.0 Å². The van der Waals surface area contributed by atoms with Gasteiger partial charge in [0.15, 0.2) is 5.96 Å². The Balaban J connectivity index is 2.38.